The van der Waals surface area contributed by atoms with Gasteiger partial charge in [-0.3, -0.25) is 9.98 Å². The molecule has 1 aromatic rings. The molecule has 21 heavy (non-hydrogen) atoms. The summed E-state index contributed by atoms with van der Waals surface area (Å²) in [6.07, 6.45) is 7.03. The van der Waals surface area contributed by atoms with Crippen molar-refractivity contribution in [2.45, 2.75) is 45.7 Å². The standard InChI is InChI=1S/C16H23N3O2/c1-3-4-5-6-10-19-15(18-11-13(20)16(19)21)14-12(2)8-7-9-17-14/h7-9,11,15,20-21H,3-6,10H2,1-2H3. The molecule has 2 heterocycles. The normalized spacial score (nSPS) is 18.4. The largest absolute Gasteiger partial charge is 0.502 e. The molecule has 0 amide bonds. The van der Waals surface area contributed by atoms with Gasteiger partial charge in [0.2, 0.25) is 5.88 Å². The van der Waals surface area contributed by atoms with E-state index in [1.165, 1.54) is 12.6 Å². The molecule has 0 aromatic carbocycles. The van der Waals surface area contributed by atoms with Crippen LogP contribution >= 0.6 is 0 Å². The van der Waals surface area contributed by atoms with Gasteiger partial charge in [0.15, 0.2) is 11.9 Å². The third-order valence-corrected chi connectivity index (χ3v) is 3.68. The Bertz CT molecular complexity index is 540. The van der Waals surface area contributed by atoms with E-state index in [9.17, 15) is 10.2 Å². The van der Waals surface area contributed by atoms with E-state index >= 15 is 0 Å². The van der Waals surface area contributed by atoms with Gasteiger partial charge in [0.05, 0.1) is 11.9 Å². The molecule has 114 valence electrons. The van der Waals surface area contributed by atoms with E-state index in [2.05, 4.69) is 16.9 Å². The van der Waals surface area contributed by atoms with Gasteiger partial charge in [-0.25, -0.2) is 0 Å². The van der Waals surface area contributed by atoms with Crippen molar-refractivity contribution < 1.29 is 10.2 Å². The second-order valence-electron chi connectivity index (χ2n) is 5.32. The van der Waals surface area contributed by atoms with Crippen LogP contribution in [0, 0.1) is 6.92 Å². The fourth-order valence-corrected chi connectivity index (χ4v) is 2.47. The van der Waals surface area contributed by atoms with Crippen molar-refractivity contribution in [3.8, 4) is 0 Å². The Morgan fingerprint density at radius 2 is 2.05 bits per heavy atom. The van der Waals surface area contributed by atoms with Crippen LogP contribution in [0.5, 0.6) is 0 Å². The van der Waals surface area contributed by atoms with Gasteiger partial charge >= 0.3 is 0 Å². The van der Waals surface area contributed by atoms with Gasteiger partial charge in [-0.15, -0.1) is 0 Å². The summed E-state index contributed by atoms with van der Waals surface area (Å²) in [4.78, 5) is 10.5. The molecule has 1 aromatic heterocycles. The SMILES string of the molecule is CCCCCCN1C(O)=C(O)C=NC1c1ncccc1C. The predicted molar refractivity (Wildman–Crippen MR) is 83.3 cm³/mol. The van der Waals surface area contributed by atoms with Gasteiger partial charge in [0.25, 0.3) is 0 Å². The minimum Gasteiger partial charge on any atom is -0.502 e. The third-order valence-electron chi connectivity index (χ3n) is 3.68. The summed E-state index contributed by atoms with van der Waals surface area (Å²) in [5, 5.41) is 19.9. The number of hydrogen-bond acceptors (Lipinski definition) is 5. The molecule has 1 atom stereocenters. The highest BCUT2D eigenvalue weighted by Gasteiger charge is 2.28. The maximum Gasteiger partial charge on any atom is 0.234 e. The van der Waals surface area contributed by atoms with Crippen LogP contribution in [-0.4, -0.2) is 32.9 Å². The third kappa shape index (κ3) is 3.54. The molecule has 0 radical (unpaired) electrons. The fourth-order valence-electron chi connectivity index (χ4n) is 2.47. The number of pyridine rings is 1. The van der Waals surface area contributed by atoms with E-state index < -0.39 is 0 Å². The zero-order chi connectivity index (χ0) is 15.2. The second-order valence-corrected chi connectivity index (χ2v) is 5.32. The monoisotopic (exact) mass is 289 g/mol. The molecule has 1 aliphatic rings. The van der Waals surface area contributed by atoms with Crippen molar-refractivity contribution in [1.29, 1.82) is 0 Å². The maximum absolute atomic E-state index is 10.2. The van der Waals surface area contributed by atoms with E-state index in [0.717, 1.165) is 30.5 Å². The molecular weight excluding hydrogens is 266 g/mol. The zero-order valence-electron chi connectivity index (χ0n) is 12.7. The first-order valence-corrected chi connectivity index (χ1v) is 7.48. The van der Waals surface area contributed by atoms with Crippen LogP contribution in [0.15, 0.2) is 35.0 Å². The molecule has 5 nitrogen and oxygen atoms in total. The number of hydrogen-bond donors (Lipinski definition) is 2. The van der Waals surface area contributed by atoms with E-state index in [-0.39, 0.29) is 17.8 Å². The summed E-state index contributed by atoms with van der Waals surface area (Å²) in [5.41, 5.74) is 1.83. The lowest BCUT2D eigenvalue weighted by atomic mass is 10.1. The summed E-state index contributed by atoms with van der Waals surface area (Å²) in [6.45, 7) is 4.78. The Morgan fingerprint density at radius 1 is 1.24 bits per heavy atom. The second kappa shape index (κ2) is 7.11. The van der Waals surface area contributed by atoms with Gasteiger partial charge < -0.3 is 15.1 Å². The van der Waals surface area contributed by atoms with Gasteiger partial charge in [0.1, 0.15) is 0 Å². The van der Waals surface area contributed by atoms with Crippen molar-refractivity contribution >= 4 is 6.21 Å². The van der Waals surface area contributed by atoms with Gasteiger partial charge in [0, 0.05) is 12.7 Å². The molecular formula is C16H23N3O2. The number of rotatable bonds is 6. The van der Waals surface area contributed by atoms with Crippen molar-refractivity contribution in [2.24, 2.45) is 4.99 Å². The summed E-state index contributed by atoms with van der Waals surface area (Å²) in [5.74, 6) is -0.299. The van der Waals surface area contributed by atoms with E-state index in [0.29, 0.717) is 6.54 Å². The highest BCUT2D eigenvalue weighted by Crippen LogP contribution is 2.29. The highest BCUT2D eigenvalue weighted by molar-refractivity contribution is 5.77. The molecule has 2 N–H and O–H groups in total. The van der Waals surface area contributed by atoms with Crippen molar-refractivity contribution in [1.82, 2.24) is 9.88 Å². The fraction of sp³-hybridized carbons (Fsp3) is 0.500. The van der Waals surface area contributed by atoms with Crippen LogP contribution in [0.25, 0.3) is 0 Å². The van der Waals surface area contributed by atoms with Crippen LogP contribution in [-0.2, 0) is 0 Å². The molecule has 1 aliphatic heterocycles. The van der Waals surface area contributed by atoms with E-state index in [4.69, 9.17) is 0 Å². The number of aryl methyl sites for hydroxylation is 1. The number of aromatic nitrogens is 1. The molecule has 0 saturated carbocycles. The van der Waals surface area contributed by atoms with Crippen molar-refractivity contribution in [2.75, 3.05) is 6.54 Å². The smallest absolute Gasteiger partial charge is 0.234 e. The lowest BCUT2D eigenvalue weighted by Gasteiger charge is -2.32. The molecule has 0 spiro atoms. The van der Waals surface area contributed by atoms with Crippen LogP contribution in [0.4, 0.5) is 0 Å². The van der Waals surface area contributed by atoms with Crippen LogP contribution < -0.4 is 0 Å². The average Bonchev–Trinajstić information content (AvgIpc) is 2.49. The van der Waals surface area contributed by atoms with Gasteiger partial charge in [-0.05, 0) is 25.0 Å². The Balaban J connectivity index is 2.18. The quantitative estimate of drug-likeness (QED) is 0.784. The van der Waals surface area contributed by atoms with E-state index in [1.807, 2.05) is 19.1 Å². The predicted octanol–water partition coefficient (Wildman–Crippen LogP) is 3.64. The molecule has 0 fully saturated rings. The lowest BCUT2D eigenvalue weighted by Crippen LogP contribution is -2.33. The number of allylic oxidation sites excluding steroid dienone is 1. The lowest BCUT2D eigenvalue weighted by molar-refractivity contribution is 0.128. The topological polar surface area (TPSA) is 69.0 Å². The number of aliphatic hydroxyl groups excluding tert-OH is 2. The summed E-state index contributed by atoms with van der Waals surface area (Å²) < 4.78 is 0. The first-order chi connectivity index (χ1) is 10.1. The minimum absolute atomic E-state index is 0.114. The van der Waals surface area contributed by atoms with Gasteiger partial charge in [-0.1, -0.05) is 32.3 Å². The molecule has 0 saturated heterocycles. The molecule has 5 heteroatoms. The zero-order valence-corrected chi connectivity index (χ0v) is 12.7. The molecule has 0 bridgehead atoms. The molecule has 1 unspecified atom stereocenters. The average molecular weight is 289 g/mol. The number of nitrogens with zero attached hydrogens (tertiary/aromatic N) is 3. The van der Waals surface area contributed by atoms with Crippen LogP contribution in [0.2, 0.25) is 0 Å². The molecule has 0 aliphatic carbocycles. The Morgan fingerprint density at radius 3 is 2.76 bits per heavy atom. The van der Waals surface area contributed by atoms with Crippen molar-refractivity contribution in [3.63, 3.8) is 0 Å². The van der Waals surface area contributed by atoms with E-state index in [1.54, 1.807) is 11.1 Å². The van der Waals surface area contributed by atoms with Crippen LogP contribution in [0.3, 0.4) is 0 Å². The van der Waals surface area contributed by atoms with Gasteiger partial charge in [-0.2, -0.15) is 0 Å². The summed E-state index contributed by atoms with van der Waals surface area (Å²) in [6, 6.07) is 3.85. The summed E-state index contributed by atoms with van der Waals surface area (Å²) in [7, 11) is 0. The summed E-state index contributed by atoms with van der Waals surface area (Å²) >= 11 is 0. The number of aliphatic hydroxyl groups is 2. The highest BCUT2D eigenvalue weighted by atomic mass is 16.3. The Labute approximate surface area is 125 Å². The van der Waals surface area contributed by atoms with Crippen LogP contribution in [0.1, 0.15) is 50.0 Å². The van der Waals surface area contributed by atoms with Crippen molar-refractivity contribution in [3.05, 3.63) is 41.2 Å². The number of aliphatic imine (C=N–C) groups is 1. The Kier molecular flexibility index (Phi) is 5.20. The maximum atomic E-state index is 10.2. The molecule has 2 rings (SSSR count). The first-order valence-electron chi connectivity index (χ1n) is 7.48. The first kappa shape index (κ1) is 15.4. The number of unbranched alkanes of at least 4 members (excludes halogenated alkanes) is 3. The Hall–Kier alpha value is -2.04. The minimum atomic E-state index is -0.372.